The van der Waals surface area contributed by atoms with E-state index < -0.39 is 0 Å². The molecule has 4 nitrogen and oxygen atoms in total. The first-order chi connectivity index (χ1) is 7.31. The van der Waals surface area contributed by atoms with Crippen LogP contribution in [0.25, 0.3) is 0 Å². The van der Waals surface area contributed by atoms with Crippen LogP contribution in [-0.2, 0) is 4.74 Å². The summed E-state index contributed by atoms with van der Waals surface area (Å²) in [4.78, 5) is 4.15. The second kappa shape index (κ2) is 4.42. The molecule has 2 rings (SSSR count). The Bertz CT molecular complexity index is 376. The van der Waals surface area contributed by atoms with Crippen LogP contribution in [0.15, 0.2) is 30.2 Å². The van der Waals surface area contributed by atoms with Crippen LogP contribution < -0.4 is 11.3 Å². The lowest BCUT2D eigenvalue weighted by atomic mass is 10.1. The van der Waals surface area contributed by atoms with Crippen LogP contribution in [0.1, 0.15) is 23.7 Å². The maximum absolute atomic E-state index is 5.54. The lowest BCUT2D eigenvalue weighted by molar-refractivity contribution is 0.215. The second-order valence-corrected chi connectivity index (χ2v) is 3.57. The molecule has 0 amide bonds. The summed E-state index contributed by atoms with van der Waals surface area (Å²) in [5.41, 5.74) is 4.83. The molecular weight excluding hydrogens is 190 g/mol. The van der Waals surface area contributed by atoms with Gasteiger partial charge in [0, 0.05) is 18.3 Å². The fraction of sp³-hybridized carbons (Fsp3) is 0.364. The molecular formula is C11H15N3O. The third-order valence-corrected chi connectivity index (χ3v) is 2.44. The zero-order valence-electron chi connectivity index (χ0n) is 8.73. The smallest absolute Gasteiger partial charge is 0.115 e. The topological polar surface area (TPSA) is 60.2 Å². The zero-order valence-corrected chi connectivity index (χ0v) is 8.73. The Morgan fingerprint density at radius 2 is 2.47 bits per heavy atom. The van der Waals surface area contributed by atoms with Crippen LogP contribution in [0.5, 0.6) is 0 Å². The van der Waals surface area contributed by atoms with Crippen LogP contribution in [0.2, 0.25) is 0 Å². The molecule has 1 aliphatic heterocycles. The van der Waals surface area contributed by atoms with Gasteiger partial charge in [-0.25, -0.2) is 5.43 Å². The van der Waals surface area contributed by atoms with Gasteiger partial charge in [0.1, 0.15) is 11.8 Å². The molecule has 1 aromatic rings. The van der Waals surface area contributed by atoms with E-state index in [0.717, 1.165) is 30.0 Å². The Kier molecular flexibility index (Phi) is 2.99. The summed E-state index contributed by atoms with van der Waals surface area (Å²) in [6.07, 6.45) is 4.81. The number of hydrazine groups is 1. The molecule has 0 bridgehead atoms. The van der Waals surface area contributed by atoms with Crippen molar-refractivity contribution >= 4 is 0 Å². The Morgan fingerprint density at radius 3 is 3.07 bits per heavy atom. The normalized spacial score (nSPS) is 17.1. The van der Waals surface area contributed by atoms with E-state index in [2.05, 4.69) is 16.5 Å². The molecule has 3 N–H and O–H groups in total. The Balaban J connectivity index is 2.26. The number of nitrogens with zero attached hydrogens (tertiary/aromatic N) is 1. The number of aromatic nitrogens is 1. The van der Waals surface area contributed by atoms with E-state index in [1.807, 2.05) is 19.1 Å². The van der Waals surface area contributed by atoms with E-state index in [0.29, 0.717) is 0 Å². The summed E-state index contributed by atoms with van der Waals surface area (Å²) in [5.74, 6) is 6.45. The van der Waals surface area contributed by atoms with Gasteiger partial charge in [0.05, 0.1) is 6.61 Å². The Hall–Kier alpha value is -1.39. The molecule has 0 aromatic carbocycles. The summed E-state index contributed by atoms with van der Waals surface area (Å²) < 4.78 is 5.50. The van der Waals surface area contributed by atoms with E-state index in [1.165, 1.54) is 0 Å². The molecule has 4 heteroatoms. The van der Waals surface area contributed by atoms with Gasteiger partial charge < -0.3 is 4.74 Å². The maximum Gasteiger partial charge on any atom is 0.115 e. The minimum Gasteiger partial charge on any atom is -0.496 e. The first-order valence-corrected chi connectivity index (χ1v) is 5.03. The number of aryl methyl sites for hydroxylation is 1. The third-order valence-electron chi connectivity index (χ3n) is 2.44. The highest BCUT2D eigenvalue weighted by Gasteiger charge is 2.19. The van der Waals surface area contributed by atoms with Crippen LogP contribution in [-0.4, -0.2) is 11.6 Å². The first kappa shape index (κ1) is 10.1. The predicted octanol–water partition coefficient (Wildman–Crippen LogP) is 1.20. The zero-order chi connectivity index (χ0) is 10.7. The summed E-state index contributed by atoms with van der Waals surface area (Å²) in [7, 11) is 0. The summed E-state index contributed by atoms with van der Waals surface area (Å²) >= 11 is 0. The highest BCUT2D eigenvalue weighted by molar-refractivity contribution is 5.26. The lowest BCUT2D eigenvalue weighted by Gasteiger charge is -2.17. The van der Waals surface area contributed by atoms with Gasteiger partial charge >= 0.3 is 0 Å². The molecule has 1 aromatic heterocycles. The number of hydrogen-bond donors (Lipinski definition) is 2. The average molecular weight is 205 g/mol. The van der Waals surface area contributed by atoms with Crippen molar-refractivity contribution in [1.82, 2.24) is 10.4 Å². The summed E-state index contributed by atoms with van der Waals surface area (Å²) in [6, 6.07) is 3.89. The molecule has 0 fully saturated rings. The van der Waals surface area contributed by atoms with Crippen molar-refractivity contribution in [2.75, 3.05) is 6.61 Å². The van der Waals surface area contributed by atoms with Gasteiger partial charge in [0.25, 0.3) is 0 Å². The standard InChI is InChI=1S/C11H15N3O/c1-8-7-9(4-5-13-8)11(14-12)10-3-2-6-15-10/h3-5,7,11,14H,2,6,12H2,1H3. The summed E-state index contributed by atoms with van der Waals surface area (Å²) in [6.45, 7) is 2.71. The lowest BCUT2D eigenvalue weighted by Crippen LogP contribution is -2.29. The minimum absolute atomic E-state index is 0.0609. The number of pyridine rings is 1. The molecule has 1 unspecified atom stereocenters. The molecule has 0 aliphatic carbocycles. The quantitative estimate of drug-likeness (QED) is 0.575. The maximum atomic E-state index is 5.54. The van der Waals surface area contributed by atoms with E-state index in [-0.39, 0.29) is 6.04 Å². The van der Waals surface area contributed by atoms with Crippen molar-refractivity contribution < 1.29 is 4.74 Å². The summed E-state index contributed by atoms with van der Waals surface area (Å²) in [5, 5.41) is 0. The van der Waals surface area contributed by atoms with E-state index in [9.17, 15) is 0 Å². The van der Waals surface area contributed by atoms with Crippen LogP contribution in [0, 0.1) is 6.92 Å². The molecule has 1 atom stereocenters. The molecule has 80 valence electrons. The van der Waals surface area contributed by atoms with E-state index in [1.54, 1.807) is 6.20 Å². The predicted molar refractivity (Wildman–Crippen MR) is 57.7 cm³/mol. The van der Waals surface area contributed by atoms with Crippen molar-refractivity contribution in [1.29, 1.82) is 0 Å². The van der Waals surface area contributed by atoms with Gasteiger partial charge in [-0.15, -0.1) is 0 Å². The molecule has 0 saturated heterocycles. The number of ether oxygens (including phenoxy) is 1. The van der Waals surface area contributed by atoms with Gasteiger partial charge in [0.15, 0.2) is 0 Å². The van der Waals surface area contributed by atoms with Crippen molar-refractivity contribution in [2.45, 2.75) is 19.4 Å². The van der Waals surface area contributed by atoms with Crippen molar-refractivity contribution in [2.24, 2.45) is 5.84 Å². The number of nitrogens with one attached hydrogen (secondary N) is 1. The van der Waals surface area contributed by atoms with Crippen molar-refractivity contribution in [3.05, 3.63) is 41.4 Å². The Labute approximate surface area is 89.1 Å². The largest absolute Gasteiger partial charge is 0.496 e. The highest BCUT2D eigenvalue weighted by atomic mass is 16.5. The molecule has 0 radical (unpaired) electrons. The fourth-order valence-electron chi connectivity index (χ4n) is 1.73. The Morgan fingerprint density at radius 1 is 1.60 bits per heavy atom. The molecule has 1 aliphatic rings. The van der Waals surface area contributed by atoms with Gasteiger partial charge in [-0.2, -0.15) is 0 Å². The van der Waals surface area contributed by atoms with E-state index >= 15 is 0 Å². The molecule has 15 heavy (non-hydrogen) atoms. The minimum atomic E-state index is -0.0609. The first-order valence-electron chi connectivity index (χ1n) is 5.03. The van der Waals surface area contributed by atoms with Gasteiger partial charge in [-0.1, -0.05) is 0 Å². The average Bonchev–Trinajstić information content (AvgIpc) is 2.72. The van der Waals surface area contributed by atoms with Crippen LogP contribution in [0.4, 0.5) is 0 Å². The number of rotatable bonds is 3. The number of hydrogen-bond acceptors (Lipinski definition) is 4. The van der Waals surface area contributed by atoms with Crippen molar-refractivity contribution in [3.63, 3.8) is 0 Å². The van der Waals surface area contributed by atoms with Crippen LogP contribution in [0.3, 0.4) is 0 Å². The SMILES string of the molecule is Cc1cc(C(NN)C2=CCCO2)ccn1. The van der Waals surface area contributed by atoms with Gasteiger partial charge in [-0.05, 0) is 30.7 Å². The molecule has 0 spiro atoms. The number of nitrogens with two attached hydrogens (primary N) is 1. The third kappa shape index (κ3) is 2.16. The van der Waals surface area contributed by atoms with Crippen LogP contribution >= 0.6 is 0 Å². The van der Waals surface area contributed by atoms with Gasteiger partial charge in [0.2, 0.25) is 0 Å². The van der Waals surface area contributed by atoms with Gasteiger partial charge in [-0.3, -0.25) is 10.8 Å². The second-order valence-electron chi connectivity index (χ2n) is 3.57. The van der Waals surface area contributed by atoms with E-state index in [4.69, 9.17) is 10.6 Å². The molecule has 2 heterocycles. The van der Waals surface area contributed by atoms with Crippen molar-refractivity contribution in [3.8, 4) is 0 Å². The monoisotopic (exact) mass is 205 g/mol. The molecule has 0 saturated carbocycles. The highest BCUT2D eigenvalue weighted by Crippen LogP contribution is 2.25. The fourth-order valence-corrected chi connectivity index (χ4v) is 1.73.